The zero-order valence-electron chi connectivity index (χ0n) is 9.71. The van der Waals surface area contributed by atoms with E-state index in [1.165, 1.54) is 11.8 Å². The van der Waals surface area contributed by atoms with Crippen molar-refractivity contribution in [3.63, 3.8) is 0 Å². The van der Waals surface area contributed by atoms with E-state index in [1.54, 1.807) is 0 Å². The third kappa shape index (κ3) is 1.67. The average molecular weight is 256 g/mol. The van der Waals surface area contributed by atoms with Crippen molar-refractivity contribution in [1.82, 2.24) is 0 Å². The summed E-state index contributed by atoms with van der Waals surface area (Å²) in [6, 6.07) is 19.4. The second kappa shape index (κ2) is 4.59. The van der Waals surface area contributed by atoms with E-state index in [1.807, 2.05) is 60.7 Å². The van der Waals surface area contributed by atoms with Crippen LogP contribution in [0.4, 0.5) is 0 Å². The highest BCUT2D eigenvalue weighted by Crippen LogP contribution is 2.43. The second-order valence-electron chi connectivity index (χ2n) is 4.11. The lowest BCUT2D eigenvalue weighted by Gasteiger charge is -2.26. The maximum Gasteiger partial charge on any atom is 0.232 e. The predicted molar refractivity (Wildman–Crippen MR) is 72.2 cm³/mol. The minimum absolute atomic E-state index is 0.0555. The maximum absolute atomic E-state index is 12.3. The van der Waals surface area contributed by atoms with Gasteiger partial charge in [0.15, 0.2) is 5.60 Å². The first-order valence-electron chi connectivity index (χ1n) is 5.76. The Morgan fingerprint density at radius 1 is 0.889 bits per heavy atom. The van der Waals surface area contributed by atoms with Gasteiger partial charge in [0.2, 0.25) is 5.12 Å². The lowest BCUT2D eigenvalue weighted by Crippen LogP contribution is -2.33. The van der Waals surface area contributed by atoms with Gasteiger partial charge in [-0.2, -0.15) is 0 Å². The van der Waals surface area contributed by atoms with Crippen LogP contribution < -0.4 is 0 Å². The van der Waals surface area contributed by atoms with Crippen LogP contribution in [0.5, 0.6) is 0 Å². The van der Waals surface area contributed by atoms with E-state index in [2.05, 4.69) is 0 Å². The third-order valence-electron chi connectivity index (χ3n) is 3.11. The summed E-state index contributed by atoms with van der Waals surface area (Å²) < 4.78 is 5.84. The first-order chi connectivity index (χ1) is 8.84. The molecule has 1 heterocycles. The van der Waals surface area contributed by atoms with Gasteiger partial charge >= 0.3 is 0 Å². The standard InChI is InChI=1S/C15H12O2S/c16-14-15(17-11-18-14,12-7-3-1-4-8-12)13-9-5-2-6-10-13/h1-10H,11H2. The van der Waals surface area contributed by atoms with Crippen LogP contribution in [-0.4, -0.2) is 11.1 Å². The number of hydrogen-bond acceptors (Lipinski definition) is 3. The molecule has 1 aliphatic heterocycles. The molecule has 0 saturated carbocycles. The van der Waals surface area contributed by atoms with Gasteiger partial charge in [0, 0.05) is 0 Å². The Balaban J connectivity index is 2.20. The molecule has 1 aliphatic rings. The molecule has 0 bridgehead atoms. The topological polar surface area (TPSA) is 26.3 Å². The molecule has 0 spiro atoms. The molecule has 18 heavy (non-hydrogen) atoms. The van der Waals surface area contributed by atoms with Crippen LogP contribution in [0.25, 0.3) is 0 Å². The Kier molecular flexibility index (Phi) is 2.94. The molecular weight excluding hydrogens is 244 g/mol. The summed E-state index contributed by atoms with van der Waals surface area (Å²) in [6.07, 6.45) is 0. The zero-order valence-corrected chi connectivity index (χ0v) is 10.5. The fourth-order valence-electron chi connectivity index (χ4n) is 2.25. The molecule has 0 N–H and O–H groups in total. The molecule has 2 aromatic rings. The number of carbonyl (C=O) groups excluding carboxylic acids is 1. The van der Waals surface area contributed by atoms with E-state index in [-0.39, 0.29) is 5.12 Å². The predicted octanol–water partition coefficient (Wildman–Crippen LogP) is 3.18. The number of benzene rings is 2. The van der Waals surface area contributed by atoms with Gasteiger partial charge in [0.1, 0.15) is 5.94 Å². The summed E-state index contributed by atoms with van der Waals surface area (Å²) in [4.78, 5) is 12.3. The fraction of sp³-hybridized carbons (Fsp3) is 0.133. The lowest BCUT2D eigenvalue weighted by atomic mass is 9.87. The van der Waals surface area contributed by atoms with E-state index >= 15 is 0 Å². The molecule has 0 atom stereocenters. The summed E-state index contributed by atoms with van der Waals surface area (Å²) in [5, 5.41) is 0.0555. The fourth-order valence-corrected chi connectivity index (χ4v) is 3.09. The molecule has 0 unspecified atom stereocenters. The van der Waals surface area contributed by atoms with Crippen LogP contribution in [0, 0.1) is 0 Å². The van der Waals surface area contributed by atoms with Crippen molar-refractivity contribution in [2.24, 2.45) is 0 Å². The Bertz CT molecular complexity index is 512. The third-order valence-corrected chi connectivity index (χ3v) is 3.90. The zero-order chi connectivity index (χ0) is 12.4. The van der Waals surface area contributed by atoms with Crippen molar-refractivity contribution in [3.05, 3.63) is 71.8 Å². The van der Waals surface area contributed by atoms with E-state index in [9.17, 15) is 4.79 Å². The molecule has 2 aromatic carbocycles. The molecule has 1 saturated heterocycles. The van der Waals surface area contributed by atoms with Crippen LogP contribution in [0.15, 0.2) is 60.7 Å². The largest absolute Gasteiger partial charge is 0.346 e. The number of carbonyl (C=O) groups is 1. The SMILES string of the molecule is O=C1SCOC1(c1ccccc1)c1ccccc1. The van der Waals surface area contributed by atoms with Gasteiger partial charge in [-0.25, -0.2) is 0 Å². The molecule has 2 nitrogen and oxygen atoms in total. The summed E-state index contributed by atoms with van der Waals surface area (Å²) in [5.74, 6) is 0.405. The van der Waals surface area contributed by atoms with Crippen LogP contribution in [0.3, 0.4) is 0 Å². The van der Waals surface area contributed by atoms with Crippen LogP contribution in [0.2, 0.25) is 0 Å². The van der Waals surface area contributed by atoms with Crippen LogP contribution >= 0.6 is 11.8 Å². The maximum atomic E-state index is 12.3. The van der Waals surface area contributed by atoms with Gasteiger partial charge in [0.25, 0.3) is 0 Å². The average Bonchev–Trinajstić information content (AvgIpc) is 2.84. The van der Waals surface area contributed by atoms with Crippen molar-refractivity contribution in [1.29, 1.82) is 0 Å². The quantitative estimate of drug-likeness (QED) is 0.825. The summed E-state index contributed by atoms with van der Waals surface area (Å²) in [7, 11) is 0. The molecule has 1 fully saturated rings. The van der Waals surface area contributed by atoms with Gasteiger partial charge in [0.05, 0.1) is 0 Å². The van der Waals surface area contributed by atoms with Gasteiger partial charge < -0.3 is 4.74 Å². The molecule has 0 aromatic heterocycles. The Labute approximate surface area is 110 Å². The van der Waals surface area contributed by atoms with Crippen molar-refractivity contribution in [3.8, 4) is 0 Å². The monoisotopic (exact) mass is 256 g/mol. The number of ether oxygens (including phenoxy) is 1. The molecule has 90 valence electrons. The number of thioether (sulfide) groups is 1. The van der Waals surface area contributed by atoms with Crippen LogP contribution in [0.1, 0.15) is 11.1 Å². The van der Waals surface area contributed by atoms with E-state index < -0.39 is 5.60 Å². The summed E-state index contributed by atoms with van der Waals surface area (Å²) >= 11 is 1.23. The number of hydrogen-bond donors (Lipinski definition) is 0. The first-order valence-corrected chi connectivity index (χ1v) is 6.75. The van der Waals surface area contributed by atoms with E-state index in [0.717, 1.165) is 11.1 Å². The Morgan fingerprint density at radius 2 is 1.39 bits per heavy atom. The van der Waals surface area contributed by atoms with Gasteiger partial charge in [-0.15, -0.1) is 0 Å². The highest BCUT2D eigenvalue weighted by atomic mass is 32.2. The molecule has 3 heteroatoms. The van der Waals surface area contributed by atoms with Gasteiger partial charge in [-0.05, 0) is 11.1 Å². The highest BCUT2D eigenvalue weighted by Gasteiger charge is 2.47. The summed E-state index contributed by atoms with van der Waals surface area (Å²) in [5.41, 5.74) is 0.852. The van der Waals surface area contributed by atoms with Gasteiger partial charge in [-0.3, -0.25) is 4.79 Å². The molecule has 0 aliphatic carbocycles. The van der Waals surface area contributed by atoms with Crippen LogP contribution in [-0.2, 0) is 15.1 Å². The lowest BCUT2D eigenvalue weighted by molar-refractivity contribution is -0.125. The molecule has 0 amide bonds. The smallest absolute Gasteiger partial charge is 0.232 e. The minimum atomic E-state index is -0.937. The highest BCUT2D eigenvalue weighted by molar-refractivity contribution is 8.14. The molecule has 3 rings (SSSR count). The second-order valence-corrected chi connectivity index (χ2v) is 5.00. The molecule has 0 radical (unpaired) electrons. The summed E-state index contributed by atoms with van der Waals surface area (Å²) in [6.45, 7) is 0. The number of rotatable bonds is 2. The van der Waals surface area contributed by atoms with Gasteiger partial charge in [-0.1, -0.05) is 72.4 Å². The van der Waals surface area contributed by atoms with Crippen molar-refractivity contribution in [2.45, 2.75) is 5.60 Å². The van der Waals surface area contributed by atoms with E-state index in [0.29, 0.717) is 5.94 Å². The van der Waals surface area contributed by atoms with E-state index in [4.69, 9.17) is 4.74 Å². The Morgan fingerprint density at radius 3 is 1.78 bits per heavy atom. The van der Waals surface area contributed by atoms with Crippen molar-refractivity contribution < 1.29 is 9.53 Å². The molecular formula is C15H12O2S. The Hall–Kier alpha value is -1.58. The van der Waals surface area contributed by atoms with Crippen molar-refractivity contribution >= 4 is 16.9 Å². The normalized spacial score (nSPS) is 17.9. The minimum Gasteiger partial charge on any atom is -0.346 e. The van der Waals surface area contributed by atoms with Crippen molar-refractivity contribution in [2.75, 3.05) is 5.94 Å². The first kappa shape index (κ1) is 11.5.